The Morgan fingerprint density at radius 1 is 1.10 bits per heavy atom. The first kappa shape index (κ1) is 21.3. The molecule has 0 bridgehead atoms. The van der Waals surface area contributed by atoms with Gasteiger partial charge in [0, 0.05) is 18.7 Å². The molecule has 0 saturated carbocycles. The molecule has 0 unspecified atom stereocenters. The molecule has 1 saturated heterocycles. The van der Waals surface area contributed by atoms with Gasteiger partial charge in [-0.25, -0.2) is 8.42 Å². The fourth-order valence-electron chi connectivity index (χ4n) is 3.37. The van der Waals surface area contributed by atoms with Gasteiger partial charge in [-0.2, -0.15) is 4.31 Å². The van der Waals surface area contributed by atoms with E-state index in [1.807, 2.05) is 32.9 Å². The SMILES string of the molecule is COc1ccc(C)cc1NC(=O)c1ccc(S(=O)(=O)N2C[C@@H](C)O[C@H](C)C2)cc1. The Hall–Kier alpha value is -2.42. The lowest BCUT2D eigenvalue weighted by Gasteiger charge is -2.34. The average molecular weight is 419 g/mol. The highest BCUT2D eigenvalue weighted by molar-refractivity contribution is 7.89. The van der Waals surface area contributed by atoms with Crippen LogP contribution in [0.5, 0.6) is 5.75 Å². The lowest BCUT2D eigenvalue weighted by atomic mass is 10.1. The van der Waals surface area contributed by atoms with Crippen LogP contribution in [0, 0.1) is 6.92 Å². The molecule has 1 fully saturated rings. The normalized spacial score (nSPS) is 20.3. The van der Waals surface area contributed by atoms with Crippen LogP contribution in [0.4, 0.5) is 5.69 Å². The van der Waals surface area contributed by atoms with E-state index >= 15 is 0 Å². The maximum absolute atomic E-state index is 12.9. The smallest absolute Gasteiger partial charge is 0.255 e. The Morgan fingerprint density at radius 2 is 1.72 bits per heavy atom. The van der Waals surface area contributed by atoms with Crippen molar-refractivity contribution in [3.63, 3.8) is 0 Å². The molecular weight excluding hydrogens is 392 g/mol. The predicted octanol–water partition coefficient (Wildman–Crippen LogP) is 3.05. The van der Waals surface area contributed by atoms with Crippen molar-refractivity contribution < 1.29 is 22.7 Å². The van der Waals surface area contributed by atoms with E-state index < -0.39 is 10.0 Å². The monoisotopic (exact) mass is 418 g/mol. The highest BCUT2D eigenvalue weighted by Crippen LogP contribution is 2.26. The third kappa shape index (κ3) is 4.77. The molecule has 1 amide bonds. The third-order valence-electron chi connectivity index (χ3n) is 4.74. The number of nitrogens with one attached hydrogen (secondary N) is 1. The van der Waals surface area contributed by atoms with Gasteiger partial charge in [-0.05, 0) is 62.7 Å². The Morgan fingerprint density at radius 3 is 2.31 bits per heavy atom. The van der Waals surface area contributed by atoms with Gasteiger partial charge in [0.2, 0.25) is 10.0 Å². The van der Waals surface area contributed by atoms with Crippen LogP contribution in [-0.4, -0.2) is 51.0 Å². The Bertz CT molecular complexity index is 979. The highest BCUT2D eigenvalue weighted by atomic mass is 32.2. The molecule has 2 aromatic rings. The summed E-state index contributed by atoms with van der Waals surface area (Å²) < 4.78 is 38.2. The number of sulfonamides is 1. The minimum Gasteiger partial charge on any atom is -0.495 e. The zero-order chi connectivity index (χ0) is 21.2. The van der Waals surface area contributed by atoms with Crippen molar-refractivity contribution in [2.45, 2.75) is 37.9 Å². The van der Waals surface area contributed by atoms with E-state index in [9.17, 15) is 13.2 Å². The molecule has 0 spiro atoms. The lowest BCUT2D eigenvalue weighted by Crippen LogP contribution is -2.48. The number of ether oxygens (including phenoxy) is 2. The van der Waals surface area contributed by atoms with E-state index in [0.29, 0.717) is 30.1 Å². The number of carbonyl (C=O) groups is 1. The second-order valence-electron chi connectivity index (χ2n) is 7.26. The lowest BCUT2D eigenvalue weighted by molar-refractivity contribution is -0.0440. The zero-order valence-electron chi connectivity index (χ0n) is 17.0. The van der Waals surface area contributed by atoms with Gasteiger partial charge in [0.25, 0.3) is 5.91 Å². The van der Waals surface area contributed by atoms with Crippen LogP contribution in [0.2, 0.25) is 0 Å². The van der Waals surface area contributed by atoms with Gasteiger partial charge in [-0.3, -0.25) is 4.79 Å². The number of hydrogen-bond donors (Lipinski definition) is 1. The summed E-state index contributed by atoms with van der Waals surface area (Å²) in [6, 6.07) is 11.4. The number of hydrogen-bond acceptors (Lipinski definition) is 5. The van der Waals surface area contributed by atoms with E-state index in [1.54, 1.807) is 6.07 Å². The highest BCUT2D eigenvalue weighted by Gasteiger charge is 2.32. The predicted molar refractivity (Wildman–Crippen MR) is 111 cm³/mol. The standard InChI is InChI=1S/C21H26N2O5S/c1-14-5-10-20(27-4)19(11-14)22-21(24)17-6-8-18(9-7-17)29(25,26)23-12-15(2)28-16(3)13-23/h5-11,15-16H,12-13H2,1-4H3,(H,22,24)/t15-,16-/m1/s1. The van der Waals surface area contributed by atoms with Crippen molar-refractivity contribution in [3.05, 3.63) is 53.6 Å². The Kier molecular flexibility index (Phi) is 6.26. The summed E-state index contributed by atoms with van der Waals surface area (Å²) in [5, 5.41) is 2.81. The molecule has 3 rings (SSSR count). The van der Waals surface area contributed by atoms with Crippen molar-refractivity contribution in [1.82, 2.24) is 4.31 Å². The molecule has 8 heteroatoms. The van der Waals surface area contributed by atoms with Gasteiger partial charge in [-0.15, -0.1) is 0 Å². The summed E-state index contributed by atoms with van der Waals surface area (Å²) in [7, 11) is -2.11. The number of anilines is 1. The van der Waals surface area contributed by atoms with Crippen LogP contribution in [0.15, 0.2) is 47.4 Å². The largest absolute Gasteiger partial charge is 0.495 e. The van der Waals surface area contributed by atoms with Crippen molar-refractivity contribution in [2.24, 2.45) is 0 Å². The number of benzene rings is 2. The fourth-order valence-corrected chi connectivity index (χ4v) is 4.96. The summed E-state index contributed by atoms with van der Waals surface area (Å²) >= 11 is 0. The summed E-state index contributed by atoms with van der Waals surface area (Å²) in [4.78, 5) is 12.8. The summed E-state index contributed by atoms with van der Waals surface area (Å²) in [5.41, 5.74) is 1.90. The van der Waals surface area contributed by atoms with Crippen LogP contribution >= 0.6 is 0 Å². The zero-order valence-corrected chi connectivity index (χ0v) is 17.8. The summed E-state index contributed by atoms with van der Waals surface area (Å²) in [6.07, 6.45) is -0.328. The number of nitrogens with zero attached hydrogens (tertiary/aromatic N) is 1. The molecule has 2 atom stereocenters. The Balaban J connectivity index is 1.78. The van der Waals surface area contributed by atoms with Gasteiger partial charge >= 0.3 is 0 Å². The van der Waals surface area contributed by atoms with Crippen LogP contribution in [0.1, 0.15) is 29.8 Å². The second kappa shape index (κ2) is 8.52. The molecule has 0 aliphatic carbocycles. The molecule has 156 valence electrons. The topological polar surface area (TPSA) is 84.9 Å². The van der Waals surface area contributed by atoms with Gasteiger partial charge in [0.15, 0.2) is 0 Å². The first-order valence-electron chi connectivity index (χ1n) is 9.42. The Labute approximate surface area is 171 Å². The van der Waals surface area contributed by atoms with E-state index in [0.717, 1.165) is 5.56 Å². The fraction of sp³-hybridized carbons (Fsp3) is 0.381. The molecule has 2 aromatic carbocycles. The van der Waals surface area contributed by atoms with Gasteiger partial charge in [0.1, 0.15) is 5.75 Å². The van der Waals surface area contributed by atoms with Crippen LogP contribution in [0.3, 0.4) is 0 Å². The van der Waals surface area contributed by atoms with Crippen LogP contribution in [-0.2, 0) is 14.8 Å². The first-order valence-corrected chi connectivity index (χ1v) is 10.9. The minimum absolute atomic E-state index is 0.156. The van der Waals surface area contributed by atoms with Crippen LogP contribution in [0.25, 0.3) is 0 Å². The van der Waals surface area contributed by atoms with E-state index in [1.165, 1.54) is 35.7 Å². The average Bonchev–Trinajstić information content (AvgIpc) is 2.67. The number of aryl methyl sites for hydroxylation is 1. The van der Waals surface area contributed by atoms with Crippen molar-refractivity contribution in [3.8, 4) is 5.75 Å². The number of rotatable bonds is 5. The maximum Gasteiger partial charge on any atom is 0.255 e. The molecular formula is C21H26N2O5S. The van der Waals surface area contributed by atoms with E-state index in [2.05, 4.69) is 5.32 Å². The van der Waals surface area contributed by atoms with Gasteiger partial charge in [-0.1, -0.05) is 6.07 Å². The molecule has 1 N–H and O–H groups in total. The molecule has 1 aliphatic heterocycles. The minimum atomic E-state index is -3.64. The summed E-state index contributed by atoms with van der Waals surface area (Å²) in [5.74, 6) is 0.213. The molecule has 29 heavy (non-hydrogen) atoms. The van der Waals surface area contributed by atoms with E-state index in [4.69, 9.17) is 9.47 Å². The molecule has 7 nitrogen and oxygen atoms in total. The first-order chi connectivity index (χ1) is 13.7. The van der Waals surface area contributed by atoms with Gasteiger partial charge < -0.3 is 14.8 Å². The quantitative estimate of drug-likeness (QED) is 0.807. The molecule has 0 radical (unpaired) electrons. The number of morpholine rings is 1. The number of carbonyl (C=O) groups excluding carboxylic acids is 1. The number of methoxy groups -OCH3 is 1. The molecule has 0 aromatic heterocycles. The molecule has 1 heterocycles. The van der Waals surface area contributed by atoms with E-state index in [-0.39, 0.29) is 23.0 Å². The summed E-state index contributed by atoms with van der Waals surface area (Å²) in [6.45, 7) is 6.24. The van der Waals surface area contributed by atoms with Crippen molar-refractivity contribution in [2.75, 3.05) is 25.5 Å². The second-order valence-corrected chi connectivity index (χ2v) is 9.20. The number of amides is 1. The van der Waals surface area contributed by atoms with Crippen molar-refractivity contribution in [1.29, 1.82) is 0 Å². The molecule has 1 aliphatic rings. The van der Waals surface area contributed by atoms with Crippen molar-refractivity contribution >= 4 is 21.6 Å². The van der Waals surface area contributed by atoms with Gasteiger partial charge in [0.05, 0.1) is 29.9 Å². The maximum atomic E-state index is 12.9. The third-order valence-corrected chi connectivity index (χ3v) is 6.59. The van der Waals surface area contributed by atoms with Crippen LogP contribution < -0.4 is 10.1 Å².